The van der Waals surface area contributed by atoms with Gasteiger partial charge in [0.1, 0.15) is 5.01 Å². The molecule has 0 radical (unpaired) electrons. The van der Waals surface area contributed by atoms with E-state index in [1.165, 1.54) is 29.0 Å². The maximum atomic E-state index is 5.65. The SMILES string of the molecule is CCCn1ccn(CN2CCCCC2c2nc3ccccc3s2)c1=S. The van der Waals surface area contributed by atoms with E-state index in [-0.39, 0.29) is 0 Å². The Hall–Kier alpha value is -1.50. The van der Waals surface area contributed by atoms with Crippen LogP contribution in [0.1, 0.15) is 43.7 Å². The predicted octanol–water partition coefficient (Wildman–Crippen LogP) is 5.22. The highest BCUT2D eigenvalue weighted by Gasteiger charge is 2.27. The number of imidazole rings is 1. The van der Waals surface area contributed by atoms with Gasteiger partial charge in [0.05, 0.1) is 22.9 Å². The van der Waals surface area contributed by atoms with E-state index in [0.29, 0.717) is 6.04 Å². The van der Waals surface area contributed by atoms with Crippen LogP contribution in [0, 0.1) is 4.77 Å². The molecule has 0 amide bonds. The van der Waals surface area contributed by atoms with Gasteiger partial charge in [-0.25, -0.2) is 4.98 Å². The maximum absolute atomic E-state index is 5.65. The van der Waals surface area contributed by atoms with E-state index in [4.69, 9.17) is 17.2 Å². The highest BCUT2D eigenvalue weighted by molar-refractivity contribution is 7.71. The number of thiazole rings is 1. The molecule has 2 aromatic heterocycles. The Morgan fingerprint density at radius 1 is 1.20 bits per heavy atom. The van der Waals surface area contributed by atoms with E-state index in [1.54, 1.807) is 0 Å². The number of fused-ring (bicyclic) bond motifs is 1. The zero-order valence-electron chi connectivity index (χ0n) is 14.6. The molecule has 1 aromatic carbocycles. The second kappa shape index (κ2) is 7.40. The third-order valence-corrected chi connectivity index (χ3v) is 6.53. The molecule has 3 heterocycles. The Kier molecular flexibility index (Phi) is 5.01. The summed E-state index contributed by atoms with van der Waals surface area (Å²) < 4.78 is 6.59. The van der Waals surface area contributed by atoms with E-state index < -0.39 is 0 Å². The van der Waals surface area contributed by atoms with Crippen LogP contribution < -0.4 is 0 Å². The van der Waals surface area contributed by atoms with Crippen molar-refractivity contribution in [3.05, 3.63) is 46.4 Å². The van der Waals surface area contributed by atoms with Crippen molar-refractivity contribution in [3.63, 3.8) is 0 Å². The van der Waals surface area contributed by atoms with E-state index in [0.717, 1.165) is 36.5 Å². The van der Waals surface area contributed by atoms with Crippen molar-refractivity contribution in [2.24, 2.45) is 0 Å². The molecule has 4 nitrogen and oxygen atoms in total. The Morgan fingerprint density at radius 2 is 2.04 bits per heavy atom. The molecule has 6 heteroatoms. The van der Waals surface area contributed by atoms with Gasteiger partial charge in [0.2, 0.25) is 0 Å². The molecule has 25 heavy (non-hydrogen) atoms. The van der Waals surface area contributed by atoms with Crippen molar-refractivity contribution in [1.82, 2.24) is 19.0 Å². The summed E-state index contributed by atoms with van der Waals surface area (Å²) in [6.07, 6.45) is 9.06. The number of likely N-dealkylation sites (tertiary alicyclic amines) is 1. The summed E-state index contributed by atoms with van der Waals surface area (Å²) in [7, 11) is 0. The first-order valence-electron chi connectivity index (χ1n) is 9.11. The number of nitrogens with zero attached hydrogens (tertiary/aromatic N) is 4. The molecule has 0 aliphatic carbocycles. The van der Waals surface area contributed by atoms with Crippen LogP contribution >= 0.6 is 23.6 Å². The Bertz CT molecular complexity index is 874. The standard InChI is InChI=1S/C19H24N4S2/c1-2-10-21-12-13-23(19(21)24)14-22-11-6-5-8-16(22)18-20-15-7-3-4-9-17(15)25-18/h3-4,7,9,12-13,16H,2,5-6,8,10-11,14H2,1H3. The molecule has 132 valence electrons. The monoisotopic (exact) mass is 372 g/mol. The first-order valence-corrected chi connectivity index (χ1v) is 10.3. The summed E-state index contributed by atoms with van der Waals surface area (Å²) in [4.78, 5) is 7.47. The first kappa shape index (κ1) is 16.9. The second-order valence-corrected chi connectivity index (χ2v) is 8.16. The van der Waals surface area contributed by atoms with Crippen molar-refractivity contribution in [2.45, 2.75) is 51.9 Å². The Labute approximate surface area is 157 Å². The first-order chi connectivity index (χ1) is 12.3. The van der Waals surface area contributed by atoms with Gasteiger partial charge in [0, 0.05) is 25.5 Å². The largest absolute Gasteiger partial charge is 0.324 e. The topological polar surface area (TPSA) is 26.0 Å². The summed E-state index contributed by atoms with van der Waals surface area (Å²) in [6, 6.07) is 8.86. The van der Waals surface area contributed by atoms with Crippen molar-refractivity contribution < 1.29 is 0 Å². The van der Waals surface area contributed by atoms with E-state index in [1.807, 2.05) is 11.3 Å². The van der Waals surface area contributed by atoms with Gasteiger partial charge in [-0.15, -0.1) is 11.3 Å². The van der Waals surface area contributed by atoms with Gasteiger partial charge in [-0.2, -0.15) is 0 Å². The summed E-state index contributed by atoms with van der Waals surface area (Å²) in [5.41, 5.74) is 1.12. The molecule has 0 spiro atoms. The van der Waals surface area contributed by atoms with Crippen LogP contribution in [0.2, 0.25) is 0 Å². The molecule has 1 aliphatic rings. The molecule has 1 saturated heterocycles. The quantitative estimate of drug-likeness (QED) is 0.574. The van der Waals surface area contributed by atoms with Crippen molar-refractivity contribution >= 4 is 33.8 Å². The average Bonchev–Trinajstić information content (AvgIpc) is 3.21. The number of rotatable bonds is 5. The number of benzene rings is 1. The normalized spacial score (nSPS) is 18.8. The van der Waals surface area contributed by atoms with Crippen LogP contribution in [0.3, 0.4) is 0 Å². The molecule has 1 atom stereocenters. The van der Waals surface area contributed by atoms with E-state index in [2.05, 4.69) is 57.6 Å². The lowest BCUT2D eigenvalue weighted by molar-refractivity contribution is 0.109. The Balaban J connectivity index is 1.60. The van der Waals surface area contributed by atoms with Crippen LogP contribution in [0.5, 0.6) is 0 Å². The van der Waals surface area contributed by atoms with Crippen molar-refractivity contribution in [2.75, 3.05) is 6.54 Å². The molecular weight excluding hydrogens is 348 g/mol. The van der Waals surface area contributed by atoms with E-state index in [9.17, 15) is 0 Å². The Morgan fingerprint density at radius 3 is 2.88 bits per heavy atom. The molecule has 0 N–H and O–H groups in total. The highest BCUT2D eigenvalue weighted by Crippen LogP contribution is 2.35. The summed E-state index contributed by atoms with van der Waals surface area (Å²) in [6.45, 7) is 5.15. The minimum absolute atomic E-state index is 0.405. The fraction of sp³-hybridized carbons (Fsp3) is 0.474. The summed E-state index contributed by atoms with van der Waals surface area (Å²) >= 11 is 7.50. The van der Waals surface area contributed by atoms with Gasteiger partial charge in [-0.1, -0.05) is 25.5 Å². The van der Waals surface area contributed by atoms with Gasteiger partial charge >= 0.3 is 0 Å². The van der Waals surface area contributed by atoms with Gasteiger partial charge in [-0.05, 0) is 43.6 Å². The molecule has 3 aromatic rings. The fourth-order valence-corrected chi connectivity index (χ4v) is 5.05. The fourth-order valence-electron chi connectivity index (χ4n) is 3.64. The number of hydrogen-bond acceptors (Lipinski definition) is 4. The lowest BCUT2D eigenvalue weighted by Crippen LogP contribution is -2.34. The van der Waals surface area contributed by atoms with Crippen molar-refractivity contribution in [1.29, 1.82) is 0 Å². The number of para-hydroxylation sites is 1. The molecule has 1 fully saturated rings. The zero-order chi connectivity index (χ0) is 17.2. The molecule has 0 bridgehead atoms. The molecule has 1 unspecified atom stereocenters. The third-order valence-electron chi connectivity index (χ3n) is 4.93. The lowest BCUT2D eigenvalue weighted by atomic mass is 10.0. The van der Waals surface area contributed by atoms with Crippen LogP contribution in [0.25, 0.3) is 10.2 Å². The van der Waals surface area contributed by atoms with Gasteiger partial charge < -0.3 is 9.13 Å². The second-order valence-electron chi connectivity index (χ2n) is 6.73. The molecule has 0 saturated carbocycles. The minimum atomic E-state index is 0.405. The number of hydrogen-bond donors (Lipinski definition) is 0. The number of aromatic nitrogens is 3. The molecule has 4 rings (SSSR count). The van der Waals surface area contributed by atoms with Crippen LogP contribution in [-0.2, 0) is 13.2 Å². The molecule has 1 aliphatic heterocycles. The summed E-state index contributed by atoms with van der Waals surface area (Å²) in [5.74, 6) is 0. The van der Waals surface area contributed by atoms with E-state index >= 15 is 0 Å². The van der Waals surface area contributed by atoms with Crippen LogP contribution in [-0.4, -0.2) is 25.6 Å². The molecular formula is C19H24N4S2. The third kappa shape index (κ3) is 3.43. The van der Waals surface area contributed by atoms with Gasteiger partial charge in [-0.3, -0.25) is 4.90 Å². The minimum Gasteiger partial charge on any atom is -0.324 e. The summed E-state index contributed by atoms with van der Waals surface area (Å²) in [5, 5.41) is 1.25. The van der Waals surface area contributed by atoms with Crippen LogP contribution in [0.15, 0.2) is 36.7 Å². The zero-order valence-corrected chi connectivity index (χ0v) is 16.2. The number of piperidine rings is 1. The lowest BCUT2D eigenvalue weighted by Gasteiger charge is -2.34. The average molecular weight is 373 g/mol. The van der Waals surface area contributed by atoms with Gasteiger partial charge in [0.25, 0.3) is 0 Å². The van der Waals surface area contributed by atoms with Gasteiger partial charge in [0.15, 0.2) is 4.77 Å². The van der Waals surface area contributed by atoms with Crippen LogP contribution in [0.4, 0.5) is 0 Å². The predicted molar refractivity (Wildman–Crippen MR) is 106 cm³/mol. The smallest absolute Gasteiger partial charge is 0.180 e. The van der Waals surface area contributed by atoms with Crippen molar-refractivity contribution in [3.8, 4) is 0 Å². The maximum Gasteiger partial charge on any atom is 0.180 e. The number of aryl methyl sites for hydroxylation is 1. The highest BCUT2D eigenvalue weighted by atomic mass is 32.1.